The number of halogens is 1. The van der Waals surface area contributed by atoms with Crippen molar-refractivity contribution in [1.82, 2.24) is 4.98 Å². The first kappa shape index (κ1) is 14.2. The van der Waals surface area contributed by atoms with Crippen LogP contribution in [0.2, 0.25) is 0 Å². The van der Waals surface area contributed by atoms with Crippen molar-refractivity contribution in [3.05, 3.63) is 57.8 Å². The second kappa shape index (κ2) is 5.83. The van der Waals surface area contributed by atoms with E-state index in [1.807, 2.05) is 13.0 Å². The Bertz CT molecular complexity index is 686. The molecule has 0 saturated heterocycles. The van der Waals surface area contributed by atoms with Crippen LogP contribution in [0.1, 0.15) is 26.4 Å². The first-order valence-electron chi connectivity index (χ1n) is 5.74. The molecule has 0 saturated carbocycles. The Hall–Kier alpha value is -2.21. The summed E-state index contributed by atoms with van der Waals surface area (Å²) in [4.78, 5) is 26.6. The average Bonchev–Trinajstić information content (AvgIpc) is 2.38. The van der Waals surface area contributed by atoms with E-state index < -0.39 is 5.97 Å². The van der Waals surface area contributed by atoms with Gasteiger partial charge in [-0.3, -0.25) is 4.79 Å². The number of aryl methyl sites for hydroxylation is 1. The fourth-order valence-electron chi connectivity index (χ4n) is 1.71. The third kappa shape index (κ3) is 3.21. The van der Waals surface area contributed by atoms with Crippen molar-refractivity contribution in [3.8, 4) is 0 Å². The number of hydrogen-bond acceptors (Lipinski definition) is 3. The van der Waals surface area contributed by atoms with E-state index >= 15 is 0 Å². The van der Waals surface area contributed by atoms with E-state index in [2.05, 4.69) is 26.2 Å². The number of anilines is 1. The van der Waals surface area contributed by atoms with Crippen molar-refractivity contribution in [2.24, 2.45) is 0 Å². The molecule has 1 aromatic carbocycles. The number of carboxylic acid groups (broad SMARTS) is 1. The van der Waals surface area contributed by atoms with Crippen LogP contribution in [0.15, 0.2) is 41.0 Å². The number of carbonyl (C=O) groups excluding carboxylic acids is 1. The topological polar surface area (TPSA) is 79.3 Å². The number of pyridine rings is 1. The number of nitrogens with one attached hydrogen (secondary N) is 1. The summed E-state index contributed by atoms with van der Waals surface area (Å²) < 4.78 is 0.892. The van der Waals surface area contributed by atoms with Gasteiger partial charge in [0.25, 0.3) is 5.91 Å². The van der Waals surface area contributed by atoms with Crippen LogP contribution < -0.4 is 5.32 Å². The molecule has 102 valence electrons. The van der Waals surface area contributed by atoms with Gasteiger partial charge in [-0.05, 0) is 42.8 Å². The Labute approximate surface area is 123 Å². The minimum atomic E-state index is -1.14. The van der Waals surface area contributed by atoms with E-state index in [0.29, 0.717) is 11.3 Å². The summed E-state index contributed by atoms with van der Waals surface area (Å²) in [6.45, 7) is 1.83. The Morgan fingerprint density at radius 1 is 1.25 bits per heavy atom. The highest BCUT2D eigenvalue weighted by Crippen LogP contribution is 2.17. The van der Waals surface area contributed by atoms with Gasteiger partial charge in [-0.15, -0.1) is 0 Å². The molecule has 0 radical (unpaired) electrons. The van der Waals surface area contributed by atoms with Crippen LogP contribution in [0, 0.1) is 6.92 Å². The summed E-state index contributed by atoms with van der Waals surface area (Å²) >= 11 is 3.33. The smallest absolute Gasteiger partial charge is 0.354 e. The summed E-state index contributed by atoms with van der Waals surface area (Å²) in [7, 11) is 0. The maximum absolute atomic E-state index is 12.1. The molecule has 2 aromatic rings. The first-order valence-corrected chi connectivity index (χ1v) is 6.53. The van der Waals surface area contributed by atoms with E-state index in [1.165, 1.54) is 12.3 Å². The molecule has 0 fully saturated rings. The highest BCUT2D eigenvalue weighted by molar-refractivity contribution is 9.10. The molecule has 0 atom stereocenters. The van der Waals surface area contributed by atoms with Gasteiger partial charge in [0.1, 0.15) is 5.69 Å². The number of nitrogens with zero attached hydrogens (tertiary/aromatic N) is 1. The molecule has 0 spiro atoms. The van der Waals surface area contributed by atoms with Gasteiger partial charge < -0.3 is 10.4 Å². The zero-order valence-electron chi connectivity index (χ0n) is 10.6. The van der Waals surface area contributed by atoms with Crippen LogP contribution in [-0.2, 0) is 0 Å². The molecular weight excluding hydrogens is 324 g/mol. The molecule has 20 heavy (non-hydrogen) atoms. The number of hydrogen-bond donors (Lipinski definition) is 2. The van der Waals surface area contributed by atoms with Crippen LogP contribution in [0.3, 0.4) is 0 Å². The van der Waals surface area contributed by atoms with Crippen LogP contribution in [0.25, 0.3) is 0 Å². The summed E-state index contributed by atoms with van der Waals surface area (Å²) in [6.07, 6.45) is 1.34. The number of aromatic carboxylic acids is 1. The van der Waals surface area contributed by atoms with Gasteiger partial charge in [0.15, 0.2) is 0 Å². The van der Waals surface area contributed by atoms with Gasteiger partial charge in [0.2, 0.25) is 0 Å². The fourth-order valence-corrected chi connectivity index (χ4v) is 2.18. The van der Waals surface area contributed by atoms with Gasteiger partial charge >= 0.3 is 5.97 Å². The van der Waals surface area contributed by atoms with Crippen molar-refractivity contribution < 1.29 is 14.7 Å². The van der Waals surface area contributed by atoms with Crippen molar-refractivity contribution in [1.29, 1.82) is 0 Å². The lowest BCUT2D eigenvalue weighted by molar-refractivity contribution is 0.0690. The van der Waals surface area contributed by atoms with Crippen LogP contribution in [0.5, 0.6) is 0 Å². The third-order valence-electron chi connectivity index (χ3n) is 2.67. The molecule has 1 amide bonds. The number of rotatable bonds is 3. The van der Waals surface area contributed by atoms with Crippen LogP contribution in [0.4, 0.5) is 5.69 Å². The summed E-state index contributed by atoms with van der Waals surface area (Å²) in [5.41, 5.74) is 1.63. The predicted molar refractivity (Wildman–Crippen MR) is 78.0 cm³/mol. The average molecular weight is 335 g/mol. The monoisotopic (exact) mass is 334 g/mol. The van der Waals surface area contributed by atoms with Gasteiger partial charge in [-0.1, -0.05) is 15.9 Å². The van der Waals surface area contributed by atoms with E-state index in [-0.39, 0.29) is 11.6 Å². The summed E-state index contributed by atoms with van der Waals surface area (Å²) in [6, 6.07) is 8.17. The van der Waals surface area contributed by atoms with E-state index in [0.717, 1.165) is 10.0 Å². The highest BCUT2D eigenvalue weighted by Gasteiger charge is 2.11. The Morgan fingerprint density at radius 2 is 2.00 bits per heavy atom. The SMILES string of the molecule is Cc1cc(Br)ccc1C(=O)Nc1ccnc(C(=O)O)c1. The van der Waals surface area contributed by atoms with Crippen molar-refractivity contribution in [2.75, 3.05) is 5.32 Å². The Morgan fingerprint density at radius 3 is 2.65 bits per heavy atom. The van der Waals surface area contributed by atoms with Crippen molar-refractivity contribution in [3.63, 3.8) is 0 Å². The second-order valence-corrected chi connectivity index (χ2v) is 5.06. The second-order valence-electron chi connectivity index (χ2n) is 4.15. The fraction of sp³-hybridized carbons (Fsp3) is 0.0714. The lowest BCUT2D eigenvalue weighted by atomic mass is 10.1. The van der Waals surface area contributed by atoms with Gasteiger partial charge in [-0.2, -0.15) is 0 Å². The van der Waals surface area contributed by atoms with E-state index in [1.54, 1.807) is 18.2 Å². The zero-order chi connectivity index (χ0) is 14.7. The first-order chi connectivity index (χ1) is 9.47. The van der Waals surface area contributed by atoms with Gasteiger partial charge in [-0.25, -0.2) is 9.78 Å². The highest BCUT2D eigenvalue weighted by atomic mass is 79.9. The molecule has 0 unspecified atom stereocenters. The molecule has 2 rings (SSSR count). The molecule has 0 aliphatic heterocycles. The Kier molecular flexibility index (Phi) is 4.14. The van der Waals surface area contributed by atoms with Gasteiger partial charge in [0, 0.05) is 21.9 Å². The number of amides is 1. The molecule has 6 heteroatoms. The molecular formula is C14H11BrN2O3. The quantitative estimate of drug-likeness (QED) is 0.903. The van der Waals surface area contributed by atoms with Gasteiger partial charge in [0.05, 0.1) is 0 Å². The molecule has 1 heterocycles. The maximum Gasteiger partial charge on any atom is 0.354 e. The molecule has 0 bridgehead atoms. The number of carbonyl (C=O) groups is 2. The molecule has 1 aromatic heterocycles. The summed E-state index contributed by atoms with van der Waals surface area (Å²) in [5.74, 6) is -1.43. The number of aromatic nitrogens is 1. The molecule has 0 aliphatic carbocycles. The number of carboxylic acids is 1. The molecule has 5 nitrogen and oxygen atoms in total. The largest absolute Gasteiger partial charge is 0.477 e. The minimum absolute atomic E-state index is 0.115. The third-order valence-corrected chi connectivity index (χ3v) is 3.16. The Balaban J connectivity index is 2.23. The molecule has 2 N–H and O–H groups in total. The van der Waals surface area contributed by atoms with Crippen molar-refractivity contribution in [2.45, 2.75) is 6.92 Å². The lowest BCUT2D eigenvalue weighted by Crippen LogP contribution is -2.14. The maximum atomic E-state index is 12.1. The normalized spacial score (nSPS) is 10.1. The van der Waals surface area contributed by atoms with Crippen molar-refractivity contribution >= 4 is 33.5 Å². The van der Waals surface area contributed by atoms with Crippen LogP contribution >= 0.6 is 15.9 Å². The standard InChI is InChI=1S/C14H11BrN2O3/c1-8-6-9(15)2-3-11(8)13(18)17-10-4-5-16-12(7-10)14(19)20/h2-7H,1H3,(H,19,20)(H,16,17,18). The van der Waals surface area contributed by atoms with E-state index in [9.17, 15) is 9.59 Å². The lowest BCUT2D eigenvalue weighted by Gasteiger charge is -2.08. The van der Waals surface area contributed by atoms with Crippen LogP contribution in [-0.4, -0.2) is 22.0 Å². The predicted octanol–water partition coefficient (Wildman–Crippen LogP) is 3.10. The summed E-state index contributed by atoms with van der Waals surface area (Å²) in [5, 5.41) is 11.5. The number of benzene rings is 1. The van der Waals surface area contributed by atoms with E-state index in [4.69, 9.17) is 5.11 Å². The minimum Gasteiger partial charge on any atom is -0.477 e. The zero-order valence-corrected chi connectivity index (χ0v) is 12.1. The molecule has 0 aliphatic rings.